The summed E-state index contributed by atoms with van der Waals surface area (Å²) in [6, 6.07) is 4.45. The Hall–Kier alpha value is -1.79. The van der Waals surface area contributed by atoms with E-state index in [-0.39, 0.29) is 24.6 Å². The monoisotopic (exact) mass is 316 g/mol. The van der Waals surface area contributed by atoms with Crippen LogP contribution in [0.15, 0.2) is 24.3 Å². The number of carboxylic acids is 1. The third-order valence-corrected chi connectivity index (χ3v) is 2.93. The molecule has 2 unspecified atom stereocenters. The molecule has 0 aliphatic carbocycles. The van der Waals surface area contributed by atoms with Crippen LogP contribution >= 0.6 is 12.4 Å². The van der Waals surface area contributed by atoms with Crippen molar-refractivity contribution < 1.29 is 19.8 Å². The van der Waals surface area contributed by atoms with Crippen molar-refractivity contribution in [3.63, 3.8) is 0 Å². The minimum Gasteiger partial charge on any atom is -0.508 e. The predicted octanol–water partition coefficient (Wildman–Crippen LogP) is 1.05. The molecule has 0 aliphatic heterocycles. The van der Waals surface area contributed by atoms with E-state index in [9.17, 15) is 14.7 Å². The van der Waals surface area contributed by atoms with Gasteiger partial charge in [0.25, 0.3) is 0 Å². The quantitative estimate of drug-likeness (QED) is 0.600. The first-order chi connectivity index (χ1) is 9.43. The largest absolute Gasteiger partial charge is 0.508 e. The number of nitrogens with two attached hydrogens (primary N) is 1. The summed E-state index contributed by atoms with van der Waals surface area (Å²) in [6.07, 6.45) is 1.40. The molecule has 1 rings (SSSR count). The number of benzene rings is 1. The molecule has 0 spiro atoms. The van der Waals surface area contributed by atoms with Crippen LogP contribution in [0, 0.1) is 0 Å². The van der Waals surface area contributed by atoms with Crippen LogP contribution in [-0.4, -0.2) is 34.2 Å². The zero-order chi connectivity index (χ0) is 15.1. The number of aliphatic carboxylic acids is 1. The minimum absolute atomic E-state index is 0. The highest BCUT2D eigenvalue weighted by Crippen LogP contribution is 2.11. The average molecular weight is 317 g/mol. The molecule has 0 bridgehead atoms. The molecular formula is C14H21ClN2O4. The number of carbonyl (C=O) groups is 2. The molecule has 0 radical (unpaired) electrons. The fourth-order valence-electron chi connectivity index (χ4n) is 1.79. The van der Waals surface area contributed by atoms with Crippen molar-refractivity contribution in [1.29, 1.82) is 0 Å². The first-order valence-corrected chi connectivity index (χ1v) is 6.50. The SMILES string of the molecule is CCCC(N)C(=O)NC(Cc1ccc(O)cc1)C(=O)O.Cl. The Labute approximate surface area is 129 Å². The van der Waals surface area contributed by atoms with Gasteiger partial charge in [-0.25, -0.2) is 4.79 Å². The van der Waals surface area contributed by atoms with E-state index in [0.717, 1.165) is 6.42 Å². The number of nitrogens with one attached hydrogen (secondary N) is 1. The molecule has 0 aromatic heterocycles. The van der Waals surface area contributed by atoms with E-state index in [4.69, 9.17) is 10.8 Å². The van der Waals surface area contributed by atoms with Gasteiger partial charge in [0, 0.05) is 6.42 Å². The van der Waals surface area contributed by atoms with Gasteiger partial charge in [0.05, 0.1) is 6.04 Å². The maximum absolute atomic E-state index is 11.8. The third kappa shape index (κ3) is 6.46. The van der Waals surface area contributed by atoms with Gasteiger partial charge < -0.3 is 21.3 Å². The second kappa shape index (κ2) is 9.20. The predicted molar refractivity (Wildman–Crippen MR) is 81.5 cm³/mol. The highest BCUT2D eigenvalue weighted by atomic mass is 35.5. The molecule has 6 nitrogen and oxygen atoms in total. The second-order valence-electron chi connectivity index (χ2n) is 4.67. The minimum atomic E-state index is -1.12. The van der Waals surface area contributed by atoms with Crippen LogP contribution in [0.5, 0.6) is 5.75 Å². The summed E-state index contributed by atoms with van der Waals surface area (Å²) >= 11 is 0. The molecule has 0 fully saturated rings. The average Bonchev–Trinajstić information content (AvgIpc) is 2.40. The third-order valence-electron chi connectivity index (χ3n) is 2.93. The topological polar surface area (TPSA) is 113 Å². The number of aromatic hydroxyl groups is 1. The number of phenolic OH excluding ortho intramolecular Hbond substituents is 1. The summed E-state index contributed by atoms with van der Waals surface area (Å²) in [5.74, 6) is -1.47. The van der Waals surface area contributed by atoms with Crippen molar-refractivity contribution in [3.05, 3.63) is 29.8 Å². The maximum Gasteiger partial charge on any atom is 0.326 e. The number of carboxylic acid groups (broad SMARTS) is 1. The summed E-state index contributed by atoms with van der Waals surface area (Å²) in [4.78, 5) is 22.9. The molecule has 0 heterocycles. The first-order valence-electron chi connectivity index (χ1n) is 6.50. The Morgan fingerprint density at radius 3 is 2.33 bits per heavy atom. The van der Waals surface area contributed by atoms with Crippen molar-refractivity contribution in [2.24, 2.45) is 5.73 Å². The van der Waals surface area contributed by atoms with Gasteiger partial charge in [-0.1, -0.05) is 25.5 Å². The molecule has 0 saturated carbocycles. The summed E-state index contributed by atoms with van der Waals surface area (Å²) in [7, 11) is 0. The van der Waals surface area contributed by atoms with E-state index >= 15 is 0 Å². The van der Waals surface area contributed by atoms with Crippen molar-refractivity contribution in [3.8, 4) is 5.75 Å². The van der Waals surface area contributed by atoms with Gasteiger partial charge >= 0.3 is 5.97 Å². The smallest absolute Gasteiger partial charge is 0.326 e. The van der Waals surface area contributed by atoms with Gasteiger partial charge in [0.2, 0.25) is 5.91 Å². The lowest BCUT2D eigenvalue weighted by atomic mass is 10.0. The number of hydrogen-bond donors (Lipinski definition) is 4. The lowest BCUT2D eigenvalue weighted by molar-refractivity contribution is -0.142. The molecule has 0 aliphatic rings. The molecule has 5 N–H and O–H groups in total. The van der Waals surface area contributed by atoms with Crippen molar-refractivity contribution in [1.82, 2.24) is 5.32 Å². The fraction of sp³-hybridized carbons (Fsp3) is 0.429. The molecular weight excluding hydrogens is 296 g/mol. The molecule has 21 heavy (non-hydrogen) atoms. The van der Waals surface area contributed by atoms with E-state index in [1.54, 1.807) is 12.1 Å². The summed E-state index contributed by atoms with van der Waals surface area (Å²) in [5.41, 5.74) is 6.36. The van der Waals surface area contributed by atoms with Crippen LogP contribution in [0.1, 0.15) is 25.3 Å². The van der Waals surface area contributed by atoms with Crippen LogP contribution < -0.4 is 11.1 Å². The Morgan fingerprint density at radius 1 is 1.29 bits per heavy atom. The van der Waals surface area contributed by atoms with E-state index < -0.39 is 24.0 Å². The molecule has 1 aromatic rings. The maximum atomic E-state index is 11.8. The number of hydrogen-bond acceptors (Lipinski definition) is 4. The molecule has 118 valence electrons. The van der Waals surface area contributed by atoms with Gasteiger partial charge in [-0.2, -0.15) is 0 Å². The lowest BCUT2D eigenvalue weighted by Gasteiger charge is -2.17. The normalized spacial score (nSPS) is 12.9. The standard InChI is InChI=1S/C14H20N2O4.ClH/c1-2-3-11(15)13(18)16-12(14(19)20)8-9-4-6-10(17)7-5-9;/h4-7,11-12,17H,2-3,8,15H2,1H3,(H,16,18)(H,19,20);1H. The van der Waals surface area contributed by atoms with E-state index in [1.807, 2.05) is 6.92 Å². The van der Waals surface area contributed by atoms with Crippen molar-refractivity contribution in [2.45, 2.75) is 38.3 Å². The zero-order valence-electron chi connectivity index (χ0n) is 11.8. The Kier molecular flexibility index (Phi) is 8.42. The van der Waals surface area contributed by atoms with Gasteiger partial charge in [-0.3, -0.25) is 4.79 Å². The molecule has 7 heteroatoms. The Morgan fingerprint density at radius 2 is 1.86 bits per heavy atom. The van der Waals surface area contributed by atoms with E-state index in [0.29, 0.717) is 12.0 Å². The molecule has 1 amide bonds. The highest BCUT2D eigenvalue weighted by Gasteiger charge is 2.23. The summed E-state index contributed by atoms with van der Waals surface area (Å²) in [6.45, 7) is 1.90. The van der Waals surface area contributed by atoms with Crippen LogP contribution in [0.2, 0.25) is 0 Å². The second-order valence-corrected chi connectivity index (χ2v) is 4.67. The first kappa shape index (κ1) is 19.2. The summed E-state index contributed by atoms with van der Waals surface area (Å²) < 4.78 is 0. The van der Waals surface area contributed by atoms with E-state index in [2.05, 4.69) is 5.32 Å². The number of halogens is 1. The highest BCUT2D eigenvalue weighted by molar-refractivity contribution is 5.86. The number of amides is 1. The van der Waals surface area contributed by atoms with Crippen LogP contribution in [0.4, 0.5) is 0 Å². The van der Waals surface area contributed by atoms with Gasteiger partial charge in [-0.15, -0.1) is 12.4 Å². The van der Waals surface area contributed by atoms with Crippen molar-refractivity contribution in [2.75, 3.05) is 0 Å². The number of rotatable bonds is 7. The Bertz CT molecular complexity index is 465. The summed E-state index contributed by atoms with van der Waals surface area (Å²) in [5, 5.41) is 20.8. The molecule has 2 atom stereocenters. The molecule has 1 aromatic carbocycles. The zero-order valence-corrected chi connectivity index (χ0v) is 12.6. The lowest BCUT2D eigenvalue weighted by Crippen LogP contribution is -2.49. The van der Waals surface area contributed by atoms with Crippen LogP contribution in [-0.2, 0) is 16.0 Å². The van der Waals surface area contributed by atoms with Crippen LogP contribution in [0.25, 0.3) is 0 Å². The number of carbonyl (C=O) groups excluding carboxylic acids is 1. The number of phenols is 1. The van der Waals surface area contributed by atoms with Gasteiger partial charge in [0.1, 0.15) is 11.8 Å². The van der Waals surface area contributed by atoms with Crippen LogP contribution in [0.3, 0.4) is 0 Å². The van der Waals surface area contributed by atoms with Gasteiger partial charge in [-0.05, 0) is 24.1 Å². The molecule has 0 saturated heterocycles. The van der Waals surface area contributed by atoms with Crippen molar-refractivity contribution >= 4 is 24.3 Å². The van der Waals surface area contributed by atoms with Gasteiger partial charge in [0.15, 0.2) is 0 Å². The fourth-order valence-corrected chi connectivity index (χ4v) is 1.79. The Balaban J connectivity index is 0.00000400. The van der Waals surface area contributed by atoms with E-state index in [1.165, 1.54) is 12.1 Å².